The molecule has 0 heterocycles. The Morgan fingerprint density at radius 1 is 1.67 bits per heavy atom. The van der Waals surface area contributed by atoms with Crippen LogP contribution in [0.2, 0.25) is 0 Å². The molecule has 15 heavy (non-hydrogen) atoms. The molecular formula is C11H14BrNO2. The molecule has 3 nitrogen and oxygen atoms in total. The van der Waals surface area contributed by atoms with Gasteiger partial charge >= 0.3 is 0 Å². The molecule has 1 aromatic carbocycles. The van der Waals surface area contributed by atoms with Crippen LogP contribution in [0.4, 0.5) is 0 Å². The standard InChI is InChI=1S/C11H14BrNO2/c1-3-4-8(13)10-7(12)5-6-9(15-2)11(10)14/h3,5-6,8,14H,1,4,13H2,2H3/t8-/m1/s1. The first-order valence-electron chi connectivity index (χ1n) is 4.53. The van der Waals surface area contributed by atoms with E-state index in [9.17, 15) is 5.11 Å². The zero-order chi connectivity index (χ0) is 11.4. The van der Waals surface area contributed by atoms with Crippen LogP contribution in [-0.4, -0.2) is 12.2 Å². The number of rotatable bonds is 4. The predicted molar refractivity (Wildman–Crippen MR) is 64.1 cm³/mol. The van der Waals surface area contributed by atoms with E-state index in [1.165, 1.54) is 7.11 Å². The molecular weight excluding hydrogens is 258 g/mol. The molecule has 4 heteroatoms. The second-order valence-corrected chi connectivity index (χ2v) is 4.00. The Morgan fingerprint density at radius 3 is 2.87 bits per heavy atom. The molecule has 0 unspecified atom stereocenters. The van der Waals surface area contributed by atoms with Crippen molar-refractivity contribution >= 4 is 15.9 Å². The quantitative estimate of drug-likeness (QED) is 0.828. The lowest BCUT2D eigenvalue weighted by atomic mass is 10.0. The predicted octanol–water partition coefficient (Wildman–Crippen LogP) is 2.74. The summed E-state index contributed by atoms with van der Waals surface area (Å²) in [6, 6.07) is 3.20. The summed E-state index contributed by atoms with van der Waals surface area (Å²) in [5.74, 6) is 0.508. The average molecular weight is 272 g/mol. The van der Waals surface area contributed by atoms with Crippen molar-refractivity contribution in [3.63, 3.8) is 0 Å². The lowest BCUT2D eigenvalue weighted by Crippen LogP contribution is -2.10. The van der Waals surface area contributed by atoms with Gasteiger partial charge in [0.05, 0.1) is 7.11 Å². The Morgan fingerprint density at radius 2 is 2.33 bits per heavy atom. The summed E-state index contributed by atoms with van der Waals surface area (Å²) < 4.78 is 5.79. The van der Waals surface area contributed by atoms with E-state index in [2.05, 4.69) is 22.5 Å². The van der Waals surface area contributed by atoms with E-state index in [-0.39, 0.29) is 11.8 Å². The van der Waals surface area contributed by atoms with Gasteiger partial charge in [0.1, 0.15) is 0 Å². The molecule has 1 aromatic rings. The lowest BCUT2D eigenvalue weighted by Gasteiger charge is -2.15. The third kappa shape index (κ3) is 2.52. The summed E-state index contributed by atoms with van der Waals surface area (Å²) >= 11 is 3.35. The fourth-order valence-corrected chi connectivity index (χ4v) is 1.99. The largest absolute Gasteiger partial charge is 0.504 e. The fraction of sp³-hybridized carbons (Fsp3) is 0.273. The molecule has 0 bridgehead atoms. The van der Waals surface area contributed by atoms with E-state index in [1.54, 1.807) is 18.2 Å². The third-order valence-electron chi connectivity index (χ3n) is 2.14. The van der Waals surface area contributed by atoms with Crippen molar-refractivity contribution in [2.24, 2.45) is 5.73 Å². The summed E-state index contributed by atoms with van der Waals surface area (Å²) in [5, 5.41) is 9.90. The number of phenolic OH excluding ortho intramolecular Hbond substituents is 1. The molecule has 0 amide bonds. The number of ether oxygens (including phenoxy) is 1. The maximum Gasteiger partial charge on any atom is 0.163 e. The second-order valence-electron chi connectivity index (χ2n) is 3.14. The molecule has 3 N–H and O–H groups in total. The maximum atomic E-state index is 9.90. The minimum absolute atomic E-state index is 0.0845. The highest BCUT2D eigenvalue weighted by atomic mass is 79.9. The Balaban J connectivity index is 3.19. The summed E-state index contributed by atoms with van der Waals surface area (Å²) in [6.07, 6.45) is 2.31. The van der Waals surface area contributed by atoms with Crippen LogP contribution in [0.15, 0.2) is 29.3 Å². The highest BCUT2D eigenvalue weighted by molar-refractivity contribution is 9.10. The van der Waals surface area contributed by atoms with Crippen LogP contribution < -0.4 is 10.5 Å². The normalized spacial score (nSPS) is 12.2. The Hall–Kier alpha value is -1.00. The molecule has 0 aliphatic rings. The Labute approximate surface area is 97.7 Å². The van der Waals surface area contributed by atoms with Gasteiger partial charge in [0.2, 0.25) is 0 Å². The Bertz CT molecular complexity index is 366. The summed E-state index contributed by atoms with van der Waals surface area (Å²) in [4.78, 5) is 0. The van der Waals surface area contributed by atoms with Gasteiger partial charge in [-0.3, -0.25) is 0 Å². The van der Waals surface area contributed by atoms with Crippen LogP contribution in [0.1, 0.15) is 18.0 Å². The number of phenols is 1. The van der Waals surface area contributed by atoms with Gasteiger partial charge in [-0.2, -0.15) is 0 Å². The van der Waals surface area contributed by atoms with Gasteiger partial charge in [0, 0.05) is 16.1 Å². The van der Waals surface area contributed by atoms with E-state index < -0.39 is 0 Å². The molecule has 0 saturated carbocycles. The lowest BCUT2D eigenvalue weighted by molar-refractivity contribution is 0.368. The molecule has 0 aliphatic heterocycles. The van der Waals surface area contributed by atoms with Gasteiger partial charge in [-0.1, -0.05) is 22.0 Å². The molecule has 0 aromatic heterocycles. The molecule has 1 atom stereocenters. The maximum absolute atomic E-state index is 9.90. The van der Waals surface area contributed by atoms with Gasteiger partial charge in [0.25, 0.3) is 0 Å². The number of methoxy groups -OCH3 is 1. The van der Waals surface area contributed by atoms with Crippen LogP contribution in [0.5, 0.6) is 11.5 Å². The van der Waals surface area contributed by atoms with Crippen molar-refractivity contribution in [2.45, 2.75) is 12.5 Å². The molecule has 0 radical (unpaired) electrons. The number of aromatic hydroxyl groups is 1. The topological polar surface area (TPSA) is 55.5 Å². The number of benzene rings is 1. The smallest absolute Gasteiger partial charge is 0.163 e. The van der Waals surface area contributed by atoms with Crippen LogP contribution in [0.25, 0.3) is 0 Å². The van der Waals surface area contributed by atoms with Crippen molar-refractivity contribution in [3.8, 4) is 11.5 Å². The van der Waals surface area contributed by atoms with Gasteiger partial charge in [-0.15, -0.1) is 6.58 Å². The molecule has 0 fully saturated rings. The SMILES string of the molecule is C=CC[C@@H](N)c1c(Br)ccc(OC)c1O. The summed E-state index contributed by atoms with van der Waals surface area (Å²) in [5.41, 5.74) is 6.56. The van der Waals surface area contributed by atoms with Gasteiger partial charge in [0.15, 0.2) is 11.5 Å². The van der Waals surface area contributed by atoms with E-state index in [4.69, 9.17) is 10.5 Å². The summed E-state index contributed by atoms with van der Waals surface area (Å²) in [6.45, 7) is 3.62. The second kappa shape index (κ2) is 5.19. The van der Waals surface area contributed by atoms with Crippen LogP contribution >= 0.6 is 15.9 Å². The fourth-order valence-electron chi connectivity index (χ4n) is 1.38. The van der Waals surface area contributed by atoms with Crippen LogP contribution in [0, 0.1) is 0 Å². The minimum atomic E-state index is -0.285. The van der Waals surface area contributed by atoms with Gasteiger partial charge < -0.3 is 15.6 Å². The molecule has 0 aliphatic carbocycles. The first-order chi connectivity index (χ1) is 7.11. The Kier molecular flexibility index (Phi) is 4.17. The highest BCUT2D eigenvalue weighted by Gasteiger charge is 2.17. The van der Waals surface area contributed by atoms with E-state index in [1.807, 2.05) is 0 Å². The van der Waals surface area contributed by atoms with Crippen molar-refractivity contribution in [2.75, 3.05) is 7.11 Å². The molecule has 82 valence electrons. The van der Waals surface area contributed by atoms with Crippen LogP contribution in [-0.2, 0) is 0 Å². The van der Waals surface area contributed by atoms with Crippen molar-refractivity contribution < 1.29 is 9.84 Å². The first kappa shape index (κ1) is 12.1. The average Bonchev–Trinajstić information content (AvgIpc) is 2.18. The molecule has 0 spiro atoms. The number of hydrogen-bond acceptors (Lipinski definition) is 3. The highest BCUT2D eigenvalue weighted by Crippen LogP contribution is 2.38. The number of halogens is 1. The third-order valence-corrected chi connectivity index (χ3v) is 2.83. The van der Waals surface area contributed by atoms with E-state index >= 15 is 0 Å². The number of nitrogens with two attached hydrogens (primary N) is 1. The van der Waals surface area contributed by atoms with Crippen molar-refractivity contribution in [1.82, 2.24) is 0 Å². The van der Waals surface area contributed by atoms with Gasteiger partial charge in [-0.25, -0.2) is 0 Å². The van der Waals surface area contributed by atoms with Crippen molar-refractivity contribution in [3.05, 3.63) is 34.8 Å². The van der Waals surface area contributed by atoms with E-state index in [0.29, 0.717) is 17.7 Å². The molecule has 0 saturated heterocycles. The molecule has 1 rings (SSSR count). The first-order valence-corrected chi connectivity index (χ1v) is 5.33. The number of hydrogen-bond donors (Lipinski definition) is 2. The van der Waals surface area contributed by atoms with Gasteiger partial charge in [-0.05, 0) is 18.6 Å². The monoisotopic (exact) mass is 271 g/mol. The minimum Gasteiger partial charge on any atom is -0.504 e. The zero-order valence-electron chi connectivity index (χ0n) is 8.53. The van der Waals surface area contributed by atoms with Crippen LogP contribution in [0.3, 0.4) is 0 Å². The van der Waals surface area contributed by atoms with E-state index in [0.717, 1.165) is 4.47 Å². The van der Waals surface area contributed by atoms with Crippen molar-refractivity contribution in [1.29, 1.82) is 0 Å². The zero-order valence-corrected chi connectivity index (χ0v) is 10.1. The summed E-state index contributed by atoms with van der Waals surface area (Å²) in [7, 11) is 1.51.